The monoisotopic (exact) mass is 239 g/mol. The van der Waals surface area contributed by atoms with Gasteiger partial charge in [-0.25, -0.2) is 0 Å². The molecule has 0 bridgehead atoms. The molecular formula is C13H21NOS. The second kappa shape index (κ2) is 6.16. The molecule has 90 valence electrons. The molecule has 2 unspecified atom stereocenters. The van der Waals surface area contributed by atoms with Crippen LogP contribution in [0.5, 0.6) is 0 Å². The Hall–Kier alpha value is -0.670. The molecule has 1 rings (SSSR count). The molecule has 0 amide bonds. The molecule has 16 heavy (non-hydrogen) atoms. The van der Waals surface area contributed by atoms with E-state index >= 15 is 0 Å². The van der Waals surface area contributed by atoms with Gasteiger partial charge in [-0.15, -0.1) is 0 Å². The van der Waals surface area contributed by atoms with Gasteiger partial charge in [-0.2, -0.15) is 0 Å². The van der Waals surface area contributed by atoms with Crippen molar-refractivity contribution >= 4 is 10.8 Å². The van der Waals surface area contributed by atoms with Gasteiger partial charge >= 0.3 is 0 Å². The smallest absolute Gasteiger partial charge is 0.0486 e. The fraction of sp³-hybridized carbons (Fsp3) is 0.538. The summed E-state index contributed by atoms with van der Waals surface area (Å²) in [6.45, 7) is 6.18. The average Bonchev–Trinajstić information content (AvgIpc) is 2.16. The van der Waals surface area contributed by atoms with Crippen molar-refractivity contribution in [2.24, 2.45) is 11.7 Å². The minimum absolute atomic E-state index is 0.0330. The molecular weight excluding hydrogens is 218 g/mol. The normalized spacial score (nSPS) is 15.1. The van der Waals surface area contributed by atoms with Gasteiger partial charge < -0.3 is 5.73 Å². The van der Waals surface area contributed by atoms with E-state index in [4.69, 9.17) is 5.73 Å². The Balaban J connectivity index is 2.52. The molecule has 0 fully saturated rings. The summed E-state index contributed by atoms with van der Waals surface area (Å²) >= 11 is 0. The third kappa shape index (κ3) is 4.45. The fourth-order valence-electron chi connectivity index (χ4n) is 1.45. The van der Waals surface area contributed by atoms with E-state index in [1.54, 1.807) is 0 Å². The van der Waals surface area contributed by atoms with Crippen molar-refractivity contribution in [2.45, 2.75) is 32.6 Å². The molecule has 3 heteroatoms. The largest absolute Gasteiger partial charge is 0.327 e. The lowest BCUT2D eigenvalue weighted by Crippen LogP contribution is -2.32. The van der Waals surface area contributed by atoms with Crippen LogP contribution in [0.2, 0.25) is 0 Å². The van der Waals surface area contributed by atoms with E-state index in [1.165, 1.54) is 5.56 Å². The number of aryl methyl sites for hydroxylation is 1. The van der Waals surface area contributed by atoms with Gasteiger partial charge in [0.1, 0.15) is 0 Å². The molecule has 0 spiro atoms. The summed E-state index contributed by atoms with van der Waals surface area (Å²) in [7, 11) is -0.855. The highest BCUT2D eigenvalue weighted by molar-refractivity contribution is 7.84. The molecule has 0 aliphatic heterocycles. The van der Waals surface area contributed by atoms with Gasteiger partial charge in [0, 0.05) is 28.3 Å². The van der Waals surface area contributed by atoms with Gasteiger partial charge in [-0.05, 0) is 18.4 Å². The minimum Gasteiger partial charge on any atom is -0.327 e. The van der Waals surface area contributed by atoms with E-state index in [0.717, 1.165) is 5.56 Å². The van der Waals surface area contributed by atoms with Crippen molar-refractivity contribution < 1.29 is 4.21 Å². The predicted molar refractivity (Wildman–Crippen MR) is 70.7 cm³/mol. The number of hydrogen-bond donors (Lipinski definition) is 1. The predicted octanol–water partition coefficient (Wildman–Crippen LogP) is 2.23. The van der Waals surface area contributed by atoms with Gasteiger partial charge in [-0.1, -0.05) is 43.7 Å². The maximum Gasteiger partial charge on any atom is 0.0486 e. The highest BCUT2D eigenvalue weighted by Gasteiger charge is 2.12. The summed E-state index contributed by atoms with van der Waals surface area (Å²) in [4.78, 5) is 0. The van der Waals surface area contributed by atoms with Crippen LogP contribution in [-0.2, 0) is 16.6 Å². The van der Waals surface area contributed by atoms with E-state index < -0.39 is 10.8 Å². The molecule has 1 aromatic carbocycles. The minimum atomic E-state index is -0.855. The van der Waals surface area contributed by atoms with E-state index in [2.05, 4.69) is 19.9 Å². The van der Waals surface area contributed by atoms with Crippen molar-refractivity contribution in [3.05, 3.63) is 35.4 Å². The summed E-state index contributed by atoms with van der Waals surface area (Å²) in [5.74, 6) is 1.59. The van der Waals surface area contributed by atoms with Crippen LogP contribution in [0.1, 0.15) is 25.0 Å². The Bertz CT molecular complexity index is 363. The van der Waals surface area contributed by atoms with Gasteiger partial charge in [0.2, 0.25) is 0 Å². The molecule has 2 nitrogen and oxygen atoms in total. The summed E-state index contributed by atoms with van der Waals surface area (Å²) < 4.78 is 11.9. The van der Waals surface area contributed by atoms with Crippen molar-refractivity contribution in [1.29, 1.82) is 0 Å². The van der Waals surface area contributed by atoms with Crippen LogP contribution < -0.4 is 5.73 Å². The Morgan fingerprint density at radius 2 is 2.06 bits per heavy atom. The first-order chi connectivity index (χ1) is 7.49. The number of hydrogen-bond acceptors (Lipinski definition) is 2. The lowest BCUT2D eigenvalue weighted by molar-refractivity contribution is 0.530. The third-order valence-electron chi connectivity index (χ3n) is 2.64. The Morgan fingerprint density at radius 3 is 2.62 bits per heavy atom. The number of nitrogens with two attached hydrogens (primary N) is 1. The zero-order valence-electron chi connectivity index (χ0n) is 10.3. The van der Waals surface area contributed by atoms with E-state index in [-0.39, 0.29) is 6.04 Å². The summed E-state index contributed by atoms with van der Waals surface area (Å²) in [5.41, 5.74) is 8.25. The van der Waals surface area contributed by atoms with Crippen LogP contribution in [0.3, 0.4) is 0 Å². The molecule has 0 aromatic heterocycles. The van der Waals surface area contributed by atoms with E-state index in [9.17, 15) is 4.21 Å². The molecule has 0 radical (unpaired) electrons. The maximum absolute atomic E-state index is 11.9. The van der Waals surface area contributed by atoms with Crippen molar-refractivity contribution in [1.82, 2.24) is 0 Å². The molecule has 0 heterocycles. The molecule has 2 N–H and O–H groups in total. The van der Waals surface area contributed by atoms with Crippen molar-refractivity contribution in [3.63, 3.8) is 0 Å². The van der Waals surface area contributed by atoms with E-state index in [1.807, 2.05) is 25.1 Å². The van der Waals surface area contributed by atoms with Crippen LogP contribution in [-0.4, -0.2) is 16.0 Å². The quantitative estimate of drug-likeness (QED) is 0.856. The second-order valence-electron chi connectivity index (χ2n) is 4.65. The van der Waals surface area contributed by atoms with Crippen LogP contribution in [0, 0.1) is 12.8 Å². The highest BCUT2D eigenvalue weighted by Crippen LogP contribution is 2.09. The maximum atomic E-state index is 11.9. The molecule has 0 aliphatic rings. The van der Waals surface area contributed by atoms with Crippen LogP contribution in [0.25, 0.3) is 0 Å². The SMILES string of the molecule is Cc1cccc(CS(=O)CC(N)C(C)C)c1. The van der Waals surface area contributed by atoms with Crippen LogP contribution in [0.4, 0.5) is 0 Å². The third-order valence-corrected chi connectivity index (χ3v) is 4.06. The first-order valence-electron chi connectivity index (χ1n) is 5.65. The molecule has 0 saturated heterocycles. The van der Waals surface area contributed by atoms with Crippen LogP contribution >= 0.6 is 0 Å². The Morgan fingerprint density at radius 1 is 1.38 bits per heavy atom. The molecule has 2 atom stereocenters. The molecule has 1 aromatic rings. The van der Waals surface area contributed by atoms with Gasteiger partial charge in [0.25, 0.3) is 0 Å². The van der Waals surface area contributed by atoms with Crippen LogP contribution in [0.15, 0.2) is 24.3 Å². The average molecular weight is 239 g/mol. The number of rotatable bonds is 5. The second-order valence-corrected chi connectivity index (χ2v) is 6.15. The summed E-state index contributed by atoms with van der Waals surface area (Å²) in [6.07, 6.45) is 0. The molecule has 0 saturated carbocycles. The lowest BCUT2D eigenvalue weighted by Gasteiger charge is -2.14. The number of benzene rings is 1. The zero-order chi connectivity index (χ0) is 12.1. The lowest BCUT2D eigenvalue weighted by atomic mass is 10.1. The van der Waals surface area contributed by atoms with E-state index in [0.29, 0.717) is 17.4 Å². The standard InChI is InChI=1S/C13H21NOS/c1-10(2)13(14)9-16(15)8-12-6-4-5-11(3)7-12/h4-7,10,13H,8-9,14H2,1-3H3. The first kappa shape index (κ1) is 13.4. The van der Waals surface area contributed by atoms with Crippen molar-refractivity contribution in [3.8, 4) is 0 Å². The summed E-state index contributed by atoms with van der Waals surface area (Å²) in [6, 6.07) is 8.19. The van der Waals surface area contributed by atoms with Gasteiger partial charge in [-0.3, -0.25) is 4.21 Å². The zero-order valence-corrected chi connectivity index (χ0v) is 11.1. The fourth-order valence-corrected chi connectivity index (χ4v) is 2.94. The Labute approximate surface area is 101 Å². The van der Waals surface area contributed by atoms with Crippen molar-refractivity contribution in [2.75, 3.05) is 5.75 Å². The molecule has 0 aliphatic carbocycles. The van der Waals surface area contributed by atoms with Gasteiger partial charge in [0.05, 0.1) is 0 Å². The Kier molecular flexibility index (Phi) is 5.16. The first-order valence-corrected chi connectivity index (χ1v) is 7.14. The topological polar surface area (TPSA) is 43.1 Å². The summed E-state index contributed by atoms with van der Waals surface area (Å²) in [5, 5.41) is 0. The van der Waals surface area contributed by atoms with Gasteiger partial charge in [0.15, 0.2) is 0 Å². The highest BCUT2D eigenvalue weighted by atomic mass is 32.2.